The maximum absolute atomic E-state index is 12.0. The van der Waals surface area contributed by atoms with Gasteiger partial charge >= 0.3 is 0 Å². The van der Waals surface area contributed by atoms with Crippen LogP contribution in [-0.4, -0.2) is 16.6 Å². The van der Waals surface area contributed by atoms with Crippen molar-refractivity contribution in [2.24, 2.45) is 0 Å². The van der Waals surface area contributed by atoms with E-state index in [1.807, 2.05) is 13.8 Å². The van der Waals surface area contributed by atoms with Crippen LogP contribution in [0.15, 0.2) is 18.2 Å². The molecule has 0 atom stereocenters. The maximum atomic E-state index is 12.0. The number of carbonyl (C=O) groups is 1. The third-order valence-electron chi connectivity index (χ3n) is 2.98. The van der Waals surface area contributed by atoms with Gasteiger partial charge in [-0.15, -0.1) is 0 Å². The molecule has 0 aliphatic heterocycles. The zero-order valence-corrected chi connectivity index (χ0v) is 11.1. The Morgan fingerprint density at radius 2 is 2.11 bits per heavy atom. The Bertz CT molecular complexity index is 490. The molecule has 1 aromatic rings. The Hall–Kier alpha value is -1.73. The number of hydrogen-bond donors (Lipinski definition) is 2. The number of carbonyl (C=O) groups excluding carboxylic acids is 1. The number of nitrogens with one attached hydrogen (secondary N) is 1. The number of nitriles is 1. The van der Waals surface area contributed by atoms with Crippen LogP contribution >= 0.6 is 11.6 Å². The van der Waals surface area contributed by atoms with Crippen molar-refractivity contribution in [3.05, 3.63) is 28.8 Å². The van der Waals surface area contributed by atoms with Crippen molar-refractivity contribution in [2.45, 2.75) is 32.2 Å². The van der Waals surface area contributed by atoms with Gasteiger partial charge in [0, 0.05) is 5.02 Å². The fourth-order valence-electron chi connectivity index (χ4n) is 1.59. The molecule has 1 rings (SSSR count). The normalized spacial score (nSPS) is 10.8. The minimum atomic E-state index is -0.900. The van der Waals surface area contributed by atoms with Crippen molar-refractivity contribution in [2.75, 3.05) is 0 Å². The number of benzene rings is 1. The average molecular weight is 267 g/mol. The van der Waals surface area contributed by atoms with E-state index < -0.39 is 11.4 Å². The molecule has 0 unspecified atom stereocenters. The van der Waals surface area contributed by atoms with Gasteiger partial charge in [-0.05, 0) is 31.0 Å². The molecule has 0 aliphatic carbocycles. The molecule has 4 nitrogen and oxygen atoms in total. The number of nitrogens with zero attached hydrogens (tertiary/aromatic N) is 1. The van der Waals surface area contributed by atoms with E-state index in [9.17, 15) is 9.90 Å². The third-order valence-corrected chi connectivity index (χ3v) is 3.21. The van der Waals surface area contributed by atoms with Crippen LogP contribution in [0.4, 0.5) is 0 Å². The van der Waals surface area contributed by atoms with Gasteiger partial charge in [0.05, 0.1) is 11.6 Å². The standard InChI is InChI=1S/C13H15ClN2O2/c1-3-13(4-2,8-15)16-12(18)10-6-5-9(14)7-11(10)17/h5-7,17H,3-4H2,1-2H3,(H,16,18). The molecule has 0 aliphatic rings. The fraction of sp³-hybridized carbons (Fsp3) is 0.385. The summed E-state index contributed by atoms with van der Waals surface area (Å²) < 4.78 is 0. The van der Waals surface area contributed by atoms with Crippen molar-refractivity contribution >= 4 is 17.5 Å². The predicted molar refractivity (Wildman–Crippen MR) is 69.5 cm³/mol. The minimum absolute atomic E-state index is 0.112. The van der Waals surface area contributed by atoms with E-state index in [1.165, 1.54) is 18.2 Å². The van der Waals surface area contributed by atoms with Crippen LogP contribution in [0.5, 0.6) is 5.75 Å². The van der Waals surface area contributed by atoms with Crippen LogP contribution < -0.4 is 5.32 Å². The monoisotopic (exact) mass is 266 g/mol. The first-order valence-corrected chi connectivity index (χ1v) is 6.08. The second-order valence-electron chi connectivity index (χ2n) is 4.02. The fourth-order valence-corrected chi connectivity index (χ4v) is 1.76. The molecule has 96 valence electrons. The van der Waals surface area contributed by atoms with Gasteiger partial charge in [-0.2, -0.15) is 5.26 Å². The summed E-state index contributed by atoms with van der Waals surface area (Å²) in [6.07, 6.45) is 1.00. The largest absolute Gasteiger partial charge is 0.507 e. The number of rotatable bonds is 4. The molecular formula is C13H15ClN2O2. The van der Waals surface area contributed by atoms with Crippen LogP contribution in [0.3, 0.4) is 0 Å². The summed E-state index contributed by atoms with van der Waals surface area (Å²) in [7, 11) is 0. The molecule has 0 fully saturated rings. The lowest BCUT2D eigenvalue weighted by Gasteiger charge is -2.25. The zero-order chi connectivity index (χ0) is 13.8. The van der Waals surface area contributed by atoms with Crippen LogP contribution in [0.1, 0.15) is 37.0 Å². The van der Waals surface area contributed by atoms with Crippen LogP contribution in [0.2, 0.25) is 5.02 Å². The molecule has 0 bridgehead atoms. The Balaban J connectivity index is 2.99. The quantitative estimate of drug-likeness (QED) is 0.880. The molecule has 0 spiro atoms. The van der Waals surface area contributed by atoms with Crippen LogP contribution in [0, 0.1) is 11.3 Å². The number of phenols is 1. The van der Waals surface area contributed by atoms with E-state index in [1.54, 1.807) is 0 Å². The summed E-state index contributed by atoms with van der Waals surface area (Å²) in [4.78, 5) is 12.0. The van der Waals surface area contributed by atoms with Gasteiger partial charge in [-0.25, -0.2) is 0 Å². The Kier molecular flexibility index (Phi) is 4.57. The number of halogens is 1. The predicted octanol–water partition coefficient (Wildman–Crippen LogP) is 2.86. The lowest BCUT2D eigenvalue weighted by molar-refractivity contribution is 0.0913. The second kappa shape index (κ2) is 5.74. The first-order valence-electron chi connectivity index (χ1n) is 5.70. The molecule has 1 amide bonds. The zero-order valence-electron chi connectivity index (χ0n) is 10.3. The second-order valence-corrected chi connectivity index (χ2v) is 4.45. The molecular weight excluding hydrogens is 252 g/mol. The topological polar surface area (TPSA) is 73.1 Å². The van der Waals surface area contributed by atoms with Crippen molar-refractivity contribution < 1.29 is 9.90 Å². The molecule has 18 heavy (non-hydrogen) atoms. The highest BCUT2D eigenvalue weighted by atomic mass is 35.5. The van der Waals surface area contributed by atoms with E-state index >= 15 is 0 Å². The average Bonchev–Trinajstić information content (AvgIpc) is 2.36. The van der Waals surface area contributed by atoms with Crippen molar-refractivity contribution in [3.63, 3.8) is 0 Å². The third kappa shape index (κ3) is 2.93. The minimum Gasteiger partial charge on any atom is -0.507 e. The van der Waals surface area contributed by atoms with Gasteiger partial charge in [0.1, 0.15) is 11.3 Å². The molecule has 0 heterocycles. The van der Waals surface area contributed by atoms with Crippen LogP contribution in [0.25, 0.3) is 0 Å². The highest BCUT2D eigenvalue weighted by molar-refractivity contribution is 6.30. The highest BCUT2D eigenvalue weighted by Gasteiger charge is 2.28. The Morgan fingerprint density at radius 3 is 2.56 bits per heavy atom. The Morgan fingerprint density at radius 1 is 1.50 bits per heavy atom. The Labute approximate surface area is 111 Å². The number of hydrogen-bond acceptors (Lipinski definition) is 3. The van der Waals surface area contributed by atoms with E-state index in [0.29, 0.717) is 17.9 Å². The van der Waals surface area contributed by atoms with E-state index in [-0.39, 0.29) is 11.3 Å². The molecule has 2 N–H and O–H groups in total. The SMILES string of the molecule is CCC(C#N)(CC)NC(=O)c1ccc(Cl)cc1O. The highest BCUT2D eigenvalue weighted by Crippen LogP contribution is 2.23. The van der Waals surface area contributed by atoms with E-state index in [4.69, 9.17) is 16.9 Å². The maximum Gasteiger partial charge on any atom is 0.256 e. The molecule has 0 radical (unpaired) electrons. The van der Waals surface area contributed by atoms with E-state index in [2.05, 4.69) is 11.4 Å². The molecule has 1 aromatic carbocycles. The van der Waals surface area contributed by atoms with Gasteiger partial charge in [0.2, 0.25) is 0 Å². The molecule has 0 saturated carbocycles. The lowest BCUT2D eigenvalue weighted by Crippen LogP contribution is -2.46. The van der Waals surface area contributed by atoms with Gasteiger partial charge in [-0.1, -0.05) is 25.4 Å². The summed E-state index contributed by atoms with van der Waals surface area (Å²) in [6, 6.07) is 6.35. The van der Waals surface area contributed by atoms with Crippen LogP contribution in [-0.2, 0) is 0 Å². The van der Waals surface area contributed by atoms with Gasteiger partial charge in [0.15, 0.2) is 0 Å². The summed E-state index contributed by atoms with van der Waals surface area (Å²) >= 11 is 5.69. The summed E-state index contributed by atoms with van der Waals surface area (Å²) in [5, 5.41) is 21.8. The number of aromatic hydroxyl groups is 1. The molecule has 0 saturated heterocycles. The smallest absolute Gasteiger partial charge is 0.256 e. The lowest BCUT2D eigenvalue weighted by atomic mass is 9.94. The van der Waals surface area contributed by atoms with Crippen molar-refractivity contribution in [1.29, 1.82) is 5.26 Å². The van der Waals surface area contributed by atoms with Gasteiger partial charge in [-0.3, -0.25) is 4.79 Å². The number of phenolic OH excluding ortho intramolecular Hbond substituents is 1. The molecule has 0 aromatic heterocycles. The first-order chi connectivity index (χ1) is 8.48. The summed E-state index contributed by atoms with van der Waals surface area (Å²) in [5.41, 5.74) is -0.788. The summed E-state index contributed by atoms with van der Waals surface area (Å²) in [5.74, 6) is -0.673. The first kappa shape index (κ1) is 14.3. The molecule has 5 heteroatoms. The van der Waals surface area contributed by atoms with Crippen molar-refractivity contribution in [1.82, 2.24) is 5.32 Å². The summed E-state index contributed by atoms with van der Waals surface area (Å²) in [6.45, 7) is 3.66. The van der Waals surface area contributed by atoms with Crippen molar-refractivity contribution in [3.8, 4) is 11.8 Å². The number of amides is 1. The van der Waals surface area contributed by atoms with Gasteiger partial charge < -0.3 is 10.4 Å². The van der Waals surface area contributed by atoms with Gasteiger partial charge in [0.25, 0.3) is 5.91 Å². The van der Waals surface area contributed by atoms with E-state index in [0.717, 1.165) is 0 Å².